The number of aromatic nitrogens is 2. The number of nitrogens with zero attached hydrogens (tertiary/aromatic N) is 2. The lowest BCUT2D eigenvalue weighted by Gasteiger charge is -2.21. The van der Waals surface area contributed by atoms with E-state index < -0.39 is 23.7 Å². The Hall–Kier alpha value is -3.93. The van der Waals surface area contributed by atoms with Gasteiger partial charge in [0.25, 0.3) is 6.20 Å². The zero-order chi connectivity index (χ0) is 26.4. The lowest BCUT2D eigenvalue weighted by molar-refractivity contribution is -0.787. The van der Waals surface area contributed by atoms with Crippen molar-refractivity contribution in [3.8, 4) is 0 Å². The summed E-state index contributed by atoms with van der Waals surface area (Å²) in [5.74, 6) is 0.0436. The molecule has 0 bridgehead atoms. The molecule has 12 heteroatoms. The van der Waals surface area contributed by atoms with Crippen LogP contribution >= 0.6 is 0 Å². The Morgan fingerprint density at radius 3 is 2.32 bits per heavy atom. The first-order valence-corrected chi connectivity index (χ1v) is 11.9. The summed E-state index contributed by atoms with van der Waals surface area (Å²) in [5.41, 5.74) is 5.16. The van der Waals surface area contributed by atoms with Gasteiger partial charge in [0.05, 0.1) is 12.0 Å². The molecule has 196 valence electrons. The van der Waals surface area contributed by atoms with Gasteiger partial charge in [-0.05, 0) is 53.7 Å². The standard InChI is InChI=1S/C25H27F3N6O3/c26-25(27,28)18-11-19(30-22(35)10-16-4-2-1-3-5-16)13-20(12-18)31-24(36)32-23-15-34(33-37-23)21-8-6-17(14-29)7-9-21/h1-5,11-13,15,17,21H,6-10,14,29H2,(H2-,30,31,32,33,35,36)/p+1. The molecule has 1 aliphatic rings. The molecule has 0 atom stereocenters. The van der Waals surface area contributed by atoms with Crippen molar-refractivity contribution in [1.82, 2.24) is 5.27 Å². The second-order valence-electron chi connectivity index (χ2n) is 9.04. The summed E-state index contributed by atoms with van der Waals surface area (Å²) >= 11 is 0. The van der Waals surface area contributed by atoms with Crippen molar-refractivity contribution in [3.63, 3.8) is 0 Å². The Labute approximate surface area is 211 Å². The smallest absolute Gasteiger partial charge is 0.330 e. The summed E-state index contributed by atoms with van der Waals surface area (Å²) < 4.78 is 47.2. The number of rotatable bonds is 7. The number of alkyl halides is 3. The molecule has 0 aliphatic heterocycles. The number of carbonyl (C=O) groups is 2. The minimum Gasteiger partial charge on any atom is -0.330 e. The molecule has 1 saturated carbocycles. The SMILES string of the molecule is NCC1CCC([n+]2cc(NC(=O)Nc3cc(NC(=O)Cc4ccccc4)cc(C(F)(F)F)c3)on2)CC1. The van der Waals surface area contributed by atoms with Crippen molar-refractivity contribution in [2.24, 2.45) is 11.7 Å². The first-order chi connectivity index (χ1) is 17.7. The average Bonchev–Trinajstić information content (AvgIpc) is 3.32. The first kappa shape index (κ1) is 26.1. The summed E-state index contributed by atoms with van der Waals surface area (Å²) in [6, 6.07) is 10.9. The van der Waals surface area contributed by atoms with Crippen molar-refractivity contribution in [2.75, 3.05) is 22.5 Å². The van der Waals surface area contributed by atoms with Crippen molar-refractivity contribution >= 4 is 29.2 Å². The molecule has 37 heavy (non-hydrogen) atoms. The monoisotopic (exact) mass is 517 g/mol. The second kappa shape index (κ2) is 11.4. The number of halogens is 3. The molecule has 9 nitrogen and oxygen atoms in total. The van der Waals surface area contributed by atoms with Gasteiger partial charge in [0.1, 0.15) is 0 Å². The van der Waals surface area contributed by atoms with Crippen molar-refractivity contribution < 1.29 is 32.0 Å². The lowest BCUT2D eigenvalue weighted by Crippen LogP contribution is -2.43. The Morgan fingerprint density at radius 1 is 1.00 bits per heavy atom. The summed E-state index contributed by atoms with van der Waals surface area (Å²) in [6.45, 7) is 0.650. The third-order valence-electron chi connectivity index (χ3n) is 6.25. The van der Waals surface area contributed by atoms with E-state index in [0.29, 0.717) is 18.0 Å². The van der Waals surface area contributed by atoms with Crippen LogP contribution in [0.1, 0.15) is 42.9 Å². The zero-order valence-electron chi connectivity index (χ0n) is 19.9. The maximum atomic E-state index is 13.5. The van der Waals surface area contributed by atoms with E-state index >= 15 is 0 Å². The molecule has 2 aromatic carbocycles. The maximum absolute atomic E-state index is 13.5. The highest BCUT2D eigenvalue weighted by Gasteiger charge is 2.32. The molecule has 1 aromatic heterocycles. The van der Waals surface area contributed by atoms with Gasteiger partial charge < -0.3 is 16.4 Å². The molecule has 3 amide bonds. The van der Waals surface area contributed by atoms with Gasteiger partial charge in [0, 0.05) is 24.2 Å². The van der Waals surface area contributed by atoms with Crippen LogP contribution in [0.5, 0.6) is 0 Å². The molecular formula is C25H28F3N6O3+. The topological polar surface area (TPSA) is 126 Å². The number of benzene rings is 2. The minimum absolute atomic E-state index is 0.0142. The van der Waals surface area contributed by atoms with Gasteiger partial charge in [-0.15, -0.1) is 0 Å². The van der Waals surface area contributed by atoms with E-state index in [4.69, 9.17) is 10.3 Å². The summed E-state index contributed by atoms with van der Waals surface area (Å²) in [6.07, 6.45) is 0.552. The number of hydrogen-bond donors (Lipinski definition) is 4. The van der Waals surface area contributed by atoms with Crippen LogP contribution in [-0.4, -0.2) is 23.8 Å². The Kier molecular flexibility index (Phi) is 8.07. The van der Waals surface area contributed by atoms with Gasteiger partial charge in [-0.3, -0.25) is 14.6 Å². The normalized spacial score (nSPS) is 17.7. The molecule has 0 spiro atoms. The van der Waals surface area contributed by atoms with Crippen LogP contribution in [0.15, 0.2) is 59.3 Å². The molecule has 4 rings (SSSR count). The van der Waals surface area contributed by atoms with E-state index in [-0.39, 0.29) is 29.7 Å². The highest BCUT2D eigenvalue weighted by molar-refractivity contribution is 6.00. The number of nitrogens with one attached hydrogen (secondary N) is 3. The van der Waals surface area contributed by atoms with Gasteiger partial charge in [0.2, 0.25) is 11.2 Å². The van der Waals surface area contributed by atoms with Crippen molar-refractivity contribution in [3.05, 3.63) is 65.9 Å². The quantitative estimate of drug-likeness (QED) is 0.344. The molecule has 1 aliphatic carbocycles. The molecule has 3 aromatic rings. The van der Waals surface area contributed by atoms with Crippen LogP contribution < -0.4 is 26.4 Å². The third-order valence-corrected chi connectivity index (χ3v) is 6.25. The molecule has 5 N–H and O–H groups in total. The second-order valence-corrected chi connectivity index (χ2v) is 9.04. The van der Waals surface area contributed by atoms with Crippen LogP contribution in [0.3, 0.4) is 0 Å². The number of amides is 3. The highest BCUT2D eigenvalue weighted by atomic mass is 19.4. The minimum atomic E-state index is -4.69. The maximum Gasteiger partial charge on any atom is 0.416 e. The largest absolute Gasteiger partial charge is 0.416 e. The van der Waals surface area contributed by atoms with Crippen LogP contribution in [0.25, 0.3) is 0 Å². The van der Waals surface area contributed by atoms with Gasteiger partial charge in [-0.2, -0.15) is 13.2 Å². The van der Waals surface area contributed by atoms with Crippen LogP contribution in [0.4, 0.5) is 35.2 Å². The van der Waals surface area contributed by atoms with E-state index in [2.05, 4.69) is 21.2 Å². The van der Waals surface area contributed by atoms with Crippen LogP contribution in [0, 0.1) is 5.92 Å². The predicted molar refractivity (Wildman–Crippen MR) is 130 cm³/mol. The lowest BCUT2D eigenvalue weighted by atomic mass is 9.86. The van der Waals surface area contributed by atoms with E-state index in [9.17, 15) is 22.8 Å². The van der Waals surface area contributed by atoms with Gasteiger partial charge in [-0.25, -0.2) is 4.79 Å². The summed E-state index contributed by atoms with van der Waals surface area (Å²) in [4.78, 5) is 24.8. The van der Waals surface area contributed by atoms with Gasteiger partial charge in [-0.1, -0.05) is 30.3 Å². The number of nitrogens with two attached hydrogens (primary N) is 1. The number of anilines is 3. The zero-order valence-corrected chi connectivity index (χ0v) is 19.9. The van der Waals surface area contributed by atoms with Crippen LogP contribution in [-0.2, 0) is 17.4 Å². The Morgan fingerprint density at radius 2 is 1.68 bits per heavy atom. The third kappa shape index (κ3) is 7.29. The molecule has 0 saturated heterocycles. The predicted octanol–water partition coefficient (Wildman–Crippen LogP) is 4.50. The summed E-state index contributed by atoms with van der Waals surface area (Å²) in [7, 11) is 0. The van der Waals surface area contributed by atoms with Crippen LogP contribution in [0.2, 0.25) is 0 Å². The molecule has 0 unspecified atom stereocenters. The van der Waals surface area contributed by atoms with Crippen molar-refractivity contribution in [2.45, 2.75) is 44.3 Å². The first-order valence-electron chi connectivity index (χ1n) is 11.9. The molecule has 0 radical (unpaired) electrons. The Bertz CT molecular complexity index is 1220. The molecule has 1 heterocycles. The number of hydrogen-bond acceptors (Lipinski definition) is 5. The number of urea groups is 1. The van der Waals surface area contributed by atoms with Gasteiger partial charge in [0.15, 0.2) is 6.04 Å². The molecular weight excluding hydrogens is 489 g/mol. The fraction of sp³-hybridized carbons (Fsp3) is 0.360. The highest BCUT2D eigenvalue weighted by Crippen LogP contribution is 2.33. The average molecular weight is 518 g/mol. The van der Waals surface area contributed by atoms with Crippen molar-refractivity contribution in [1.29, 1.82) is 0 Å². The summed E-state index contributed by atoms with van der Waals surface area (Å²) in [5, 5.41) is 11.2. The van der Waals surface area contributed by atoms with E-state index in [1.54, 1.807) is 35.0 Å². The van der Waals surface area contributed by atoms with E-state index in [0.717, 1.165) is 37.8 Å². The van der Waals surface area contributed by atoms with E-state index in [1.807, 2.05) is 0 Å². The van der Waals surface area contributed by atoms with E-state index in [1.165, 1.54) is 12.3 Å². The fourth-order valence-corrected chi connectivity index (χ4v) is 4.33. The Balaban J connectivity index is 1.41. The fourth-order valence-electron chi connectivity index (χ4n) is 4.33. The van der Waals surface area contributed by atoms with Gasteiger partial charge >= 0.3 is 18.1 Å². The molecule has 1 fully saturated rings. The number of carbonyl (C=O) groups excluding carboxylic acids is 2.